The van der Waals surface area contributed by atoms with Crippen LogP contribution in [0.3, 0.4) is 0 Å². The van der Waals surface area contributed by atoms with Gasteiger partial charge in [-0.15, -0.1) is 0 Å². The molecular weight excluding hydrogens is 458 g/mol. The van der Waals surface area contributed by atoms with Crippen molar-refractivity contribution in [1.82, 2.24) is 9.88 Å². The van der Waals surface area contributed by atoms with E-state index in [1.807, 2.05) is 97.0 Å². The molecule has 3 aromatic carbocycles. The smallest absolute Gasteiger partial charge is 0.255 e. The molecule has 1 aromatic heterocycles. The lowest BCUT2D eigenvalue weighted by Crippen LogP contribution is -2.34. The molecule has 0 fully saturated rings. The number of aromatic nitrogens is 1. The van der Waals surface area contributed by atoms with Gasteiger partial charge in [0.2, 0.25) is 0 Å². The van der Waals surface area contributed by atoms with Crippen LogP contribution in [0, 0.1) is 0 Å². The second-order valence-corrected chi connectivity index (χ2v) is 8.67. The van der Waals surface area contributed by atoms with Gasteiger partial charge in [-0.05, 0) is 72.8 Å². The van der Waals surface area contributed by atoms with Gasteiger partial charge < -0.3 is 20.9 Å². The van der Waals surface area contributed by atoms with E-state index in [2.05, 4.69) is 20.9 Å². The van der Waals surface area contributed by atoms with Crippen molar-refractivity contribution >= 4 is 51.2 Å². The molecule has 2 heterocycles. The van der Waals surface area contributed by atoms with Gasteiger partial charge in [0.1, 0.15) is 6.17 Å². The van der Waals surface area contributed by atoms with Crippen LogP contribution in [0.15, 0.2) is 108 Å². The number of amides is 1. The highest BCUT2D eigenvalue weighted by Crippen LogP contribution is 2.26. The highest BCUT2D eigenvalue weighted by molar-refractivity contribution is 6.31. The summed E-state index contributed by atoms with van der Waals surface area (Å²) in [6.07, 6.45) is 7.43. The Kier molecular flexibility index (Phi) is 6.37. The lowest BCUT2D eigenvalue weighted by molar-refractivity contribution is 0.102. The van der Waals surface area contributed by atoms with Gasteiger partial charge in [0, 0.05) is 58.2 Å². The number of carbonyl (C=O) groups excluding carboxylic acids is 1. The Morgan fingerprint density at radius 1 is 0.914 bits per heavy atom. The van der Waals surface area contributed by atoms with E-state index >= 15 is 0 Å². The van der Waals surface area contributed by atoms with Gasteiger partial charge in [-0.25, -0.2) is 0 Å². The molecule has 0 spiro atoms. The molecule has 5 rings (SSSR count). The number of halogens is 1. The molecule has 3 N–H and O–H groups in total. The number of rotatable bonds is 6. The van der Waals surface area contributed by atoms with Gasteiger partial charge in [-0.2, -0.15) is 0 Å². The number of hydrogen-bond acceptors (Lipinski definition) is 5. The number of likely N-dealkylation sites (N-methyl/N-ethyl adjacent to an activating group) is 1. The van der Waals surface area contributed by atoms with Gasteiger partial charge in [0.05, 0.1) is 5.52 Å². The maximum absolute atomic E-state index is 12.7. The summed E-state index contributed by atoms with van der Waals surface area (Å²) >= 11 is 6.11. The predicted octanol–water partition coefficient (Wildman–Crippen LogP) is 6.55. The summed E-state index contributed by atoms with van der Waals surface area (Å²) < 4.78 is 0. The van der Waals surface area contributed by atoms with Crippen molar-refractivity contribution in [3.63, 3.8) is 0 Å². The van der Waals surface area contributed by atoms with E-state index in [1.54, 1.807) is 18.3 Å². The lowest BCUT2D eigenvalue weighted by Gasteiger charge is -2.28. The Hall–Kier alpha value is -4.29. The quantitative estimate of drug-likeness (QED) is 0.291. The fourth-order valence-corrected chi connectivity index (χ4v) is 4.01. The van der Waals surface area contributed by atoms with Crippen LogP contribution < -0.4 is 16.0 Å². The predicted molar refractivity (Wildman–Crippen MR) is 144 cm³/mol. The molecule has 0 aliphatic carbocycles. The van der Waals surface area contributed by atoms with Gasteiger partial charge in [-0.3, -0.25) is 9.78 Å². The summed E-state index contributed by atoms with van der Waals surface area (Å²) in [7, 11) is 1.97. The van der Waals surface area contributed by atoms with Crippen molar-refractivity contribution in [3.05, 3.63) is 114 Å². The van der Waals surface area contributed by atoms with E-state index in [0.717, 1.165) is 33.7 Å². The topological polar surface area (TPSA) is 69.3 Å². The van der Waals surface area contributed by atoms with Crippen molar-refractivity contribution in [2.45, 2.75) is 6.17 Å². The van der Waals surface area contributed by atoms with Gasteiger partial charge >= 0.3 is 0 Å². The second kappa shape index (κ2) is 9.91. The van der Waals surface area contributed by atoms with Crippen molar-refractivity contribution < 1.29 is 4.79 Å². The zero-order valence-electron chi connectivity index (χ0n) is 19.1. The van der Waals surface area contributed by atoms with Crippen LogP contribution in [0.4, 0.5) is 22.7 Å². The molecule has 1 aliphatic rings. The maximum Gasteiger partial charge on any atom is 0.255 e. The lowest BCUT2D eigenvalue weighted by atomic mass is 10.1. The van der Waals surface area contributed by atoms with Crippen LogP contribution in [0.2, 0.25) is 0 Å². The SMILES string of the molecule is CN1C=CC(Cl)=CC1Nc1ccc(C(=O)Nc2ccc(Nc3ccnc4ccccc34)cc2)cc1. The molecule has 6 nitrogen and oxygen atoms in total. The first-order valence-electron chi connectivity index (χ1n) is 11.2. The Morgan fingerprint density at radius 2 is 1.63 bits per heavy atom. The minimum atomic E-state index is -0.168. The first kappa shape index (κ1) is 22.5. The summed E-state index contributed by atoms with van der Waals surface area (Å²) in [6, 6.07) is 24.9. The Balaban J connectivity index is 1.21. The normalized spacial score (nSPS) is 15.0. The third-order valence-corrected chi connectivity index (χ3v) is 6.01. The Morgan fingerprint density at radius 3 is 2.43 bits per heavy atom. The molecule has 0 saturated heterocycles. The third kappa shape index (κ3) is 5.28. The van der Waals surface area contributed by atoms with Crippen molar-refractivity contribution in [3.8, 4) is 0 Å². The highest BCUT2D eigenvalue weighted by Gasteiger charge is 2.13. The average Bonchev–Trinajstić information content (AvgIpc) is 2.88. The number of nitrogens with one attached hydrogen (secondary N) is 3. The van der Waals surface area contributed by atoms with E-state index in [4.69, 9.17) is 11.6 Å². The largest absolute Gasteiger partial charge is 0.362 e. The van der Waals surface area contributed by atoms with Crippen molar-refractivity contribution in [2.24, 2.45) is 0 Å². The minimum Gasteiger partial charge on any atom is -0.362 e. The van der Waals surface area contributed by atoms with E-state index in [1.165, 1.54) is 0 Å². The summed E-state index contributed by atoms with van der Waals surface area (Å²) in [5.41, 5.74) is 5.03. The number of fused-ring (bicyclic) bond motifs is 1. The first-order chi connectivity index (χ1) is 17.0. The molecule has 7 heteroatoms. The fourth-order valence-electron chi connectivity index (χ4n) is 3.84. The third-order valence-electron chi connectivity index (χ3n) is 5.76. The Bertz CT molecular complexity index is 1410. The van der Waals surface area contributed by atoms with Gasteiger partial charge in [0.15, 0.2) is 0 Å². The van der Waals surface area contributed by atoms with Crippen molar-refractivity contribution in [1.29, 1.82) is 0 Å². The molecule has 1 aliphatic heterocycles. The second-order valence-electron chi connectivity index (χ2n) is 8.23. The number of para-hydroxylation sites is 1. The van der Waals surface area contributed by atoms with Crippen LogP contribution in [-0.2, 0) is 0 Å². The summed E-state index contributed by atoms with van der Waals surface area (Å²) in [5.74, 6) is -0.168. The van der Waals surface area contributed by atoms with Crippen LogP contribution in [0.5, 0.6) is 0 Å². The molecule has 1 unspecified atom stereocenters. The monoisotopic (exact) mass is 481 g/mol. The van der Waals surface area contributed by atoms with Crippen molar-refractivity contribution in [2.75, 3.05) is 23.0 Å². The van der Waals surface area contributed by atoms with E-state index in [0.29, 0.717) is 10.6 Å². The number of hydrogen-bond donors (Lipinski definition) is 3. The maximum atomic E-state index is 12.7. The van der Waals surface area contributed by atoms with Gasteiger partial charge in [0.25, 0.3) is 5.91 Å². The number of carbonyl (C=O) groups is 1. The zero-order chi connectivity index (χ0) is 24.2. The number of allylic oxidation sites excluding steroid dienone is 2. The number of benzene rings is 3. The summed E-state index contributed by atoms with van der Waals surface area (Å²) in [6.45, 7) is 0. The molecule has 4 aromatic rings. The van der Waals surface area contributed by atoms with Crippen LogP contribution in [-0.4, -0.2) is 29.0 Å². The van der Waals surface area contributed by atoms with Crippen LogP contribution >= 0.6 is 11.6 Å². The molecule has 0 radical (unpaired) electrons. The number of anilines is 4. The van der Waals surface area contributed by atoms with Gasteiger partial charge in [-0.1, -0.05) is 29.8 Å². The van der Waals surface area contributed by atoms with Crippen LogP contribution in [0.1, 0.15) is 10.4 Å². The van der Waals surface area contributed by atoms with E-state index < -0.39 is 0 Å². The molecule has 1 amide bonds. The number of pyridine rings is 1. The van der Waals surface area contributed by atoms with E-state index in [9.17, 15) is 4.79 Å². The first-order valence-corrected chi connectivity index (χ1v) is 11.6. The average molecular weight is 482 g/mol. The van der Waals surface area contributed by atoms with Crippen LogP contribution in [0.25, 0.3) is 10.9 Å². The summed E-state index contributed by atoms with van der Waals surface area (Å²) in [4.78, 5) is 19.1. The number of nitrogens with zero attached hydrogens (tertiary/aromatic N) is 2. The highest BCUT2D eigenvalue weighted by atomic mass is 35.5. The molecule has 0 saturated carbocycles. The summed E-state index contributed by atoms with van der Waals surface area (Å²) in [5, 5.41) is 11.5. The fraction of sp³-hybridized carbons (Fsp3) is 0.0714. The van der Waals surface area contributed by atoms with E-state index in [-0.39, 0.29) is 12.1 Å². The molecule has 0 bridgehead atoms. The molecule has 174 valence electrons. The minimum absolute atomic E-state index is 0.0514. The zero-order valence-corrected chi connectivity index (χ0v) is 19.8. The standard InChI is InChI=1S/C28H24ClN5O/c1-34-17-15-20(29)18-27(34)32-22-8-6-19(7-9-22)28(35)33-23-12-10-21(11-13-23)31-26-14-16-30-25-5-3-2-4-24(25)26/h2-18,27,32H,1H3,(H,30,31)(H,33,35). The Labute approximate surface area is 208 Å². The molecule has 1 atom stereocenters. The molecular formula is C28H24ClN5O. The molecule has 35 heavy (non-hydrogen) atoms.